The molecule has 0 radical (unpaired) electrons. The molecule has 1 atom stereocenters. The first-order valence-electron chi connectivity index (χ1n) is 8.18. The zero-order valence-electron chi connectivity index (χ0n) is 13.7. The van der Waals surface area contributed by atoms with Crippen molar-refractivity contribution in [1.29, 1.82) is 0 Å². The molecule has 0 unspecified atom stereocenters. The van der Waals surface area contributed by atoms with Crippen molar-refractivity contribution in [2.45, 2.75) is 19.7 Å². The molecule has 1 saturated heterocycles. The topological polar surface area (TPSA) is 43.2 Å². The van der Waals surface area contributed by atoms with E-state index >= 15 is 0 Å². The van der Waals surface area contributed by atoms with Gasteiger partial charge in [-0.05, 0) is 24.6 Å². The minimum atomic E-state index is -0.167. The van der Waals surface area contributed by atoms with Gasteiger partial charge in [-0.2, -0.15) is 0 Å². The van der Waals surface area contributed by atoms with Crippen molar-refractivity contribution in [3.63, 3.8) is 0 Å². The number of nitrogens with zero attached hydrogens (tertiary/aromatic N) is 4. The lowest BCUT2D eigenvalue weighted by atomic mass is 10.1. The summed E-state index contributed by atoms with van der Waals surface area (Å²) in [5.41, 5.74) is 4.47. The largest absolute Gasteiger partial charge is 0.350 e. The molecule has 1 fully saturated rings. The molecule has 3 aromatic rings. The molecule has 0 bridgehead atoms. The van der Waals surface area contributed by atoms with Gasteiger partial charge in [-0.1, -0.05) is 53.2 Å². The third-order valence-electron chi connectivity index (χ3n) is 4.25. The Hall–Kier alpha value is -2.66. The minimum Gasteiger partial charge on any atom is -0.350 e. The molecule has 5 nitrogen and oxygen atoms in total. The molecule has 0 spiro atoms. The zero-order valence-corrected chi connectivity index (χ0v) is 13.7. The first kappa shape index (κ1) is 14.9. The van der Waals surface area contributed by atoms with Crippen LogP contribution < -0.4 is 4.90 Å². The highest BCUT2D eigenvalue weighted by Gasteiger charge is 2.29. The maximum Gasteiger partial charge on any atom is 0.177 e. The van der Waals surface area contributed by atoms with E-state index < -0.39 is 0 Å². The van der Waals surface area contributed by atoms with Crippen LogP contribution >= 0.6 is 0 Å². The number of hydrogen-bond acceptors (Lipinski definition) is 4. The Morgan fingerprint density at radius 2 is 1.88 bits per heavy atom. The number of benzene rings is 2. The molecule has 0 saturated carbocycles. The number of aryl methyl sites for hydroxylation is 1. The summed E-state index contributed by atoms with van der Waals surface area (Å²) >= 11 is 0. The maximum absolute atomic E-state index is 5.90. The predicted molar refractivity (Wildman–Crippen MR) is 92.8 cm³/mol. The van der Waals surface area contributed by atoms with Crippen LogP contribution in [0.5, 0.6) is 0 Å². The van der Waals surface area contributed by atoms with E-state index in [-0.39, 0.29) is 6.23 Å². The van der Waals surface area contributed by atoms with Crippen LogP contribution in [-0.2, 0) is 11.3 Å². The van der Waals surface area contributed by atoms with Crippen molar-refractivity contribution in [1.82, 2.24) is 15.0 Å². The van der Waals surface area contributed by atoms with Gasteiger partial charge in [0.15, 0.2) is 6.23 Å². The smallest absolute Gasteiger partial charge is 0.177 e. The van der Waals surface area contributed by atoms with Crippen molar-refractivity contribution in [3.05, 3.63) is 77.6 Å². The van der Waals surface area contributed by atoms with Crippen LogP contribution in [0.15, 0.2) is 60.8 Å². The Bertz CT molecular complexity index is 798. The number of aromatic nitrogens is 3. The number of rotatable bonds is 4. The average molecular weight is 320 g/mol. The number of hydrogen-bond donors (Lipinski definition) is 0. The molecular formula is C19H20N4O. The lowest BCUT2D eigenvalue weighted by Crippen LogP contribution is -2.23. The van der Waals surface area contributed by atoms with Gasteiger partial charge in [0.25, 0.3) is 0 Å². The van der Waals surface area contributed by atoms with Crippen LogP contribution in [0.4, 0.5) is 5.69 Å². The van der Waals surface area contributed by atoms with Crippen LogP contribution in [0.1, 0.15) is 23.0 Å². The highest BCUT2D eigenvalue weighted by Crippen LogP contribution is 2.30. The Labute approximate surface area is 141 Å². The number of anilines is 1. The molecule has 2 aromatic carbocycles. The van der Waals surface area contributed by atoms with Gasteiger partial charge in [0.05, 0.1) is 19.3 Å². The van der Waals surface area contributed by atoms with E-state index in [4.69, 9.17) is 4.74 Å². The quantitative estimate of drug-likeness (QED) is 0.740. The number of para-hydroxylation sites is 1. The second kappa shape index (κ2) is 6.45. The van der Waals surface area contributed by atoms with Crippen molar-refractivity contribution >= 4 is 5.69 Å². The molecule has 0 N–H and O–H groups in total. The Morgan fingerprint density at radius 1 is 1.08 bits per heavy atom. The molecule has 1 aliphatic rings. The normalized spacial score (nSPS) is 17.4. The second-order valence-electron chi connectivity index (χ2n) is 6.08. The lowest BCUT2D eigenvalue weighted by Gasteiger charge is -2.23. The van der Waals surface area contributed by atoms with E-state index in [9.17, 15) is 0 Å². The summed E-state index contributed by atoms with van der Waals surface area (Å²) in [6.45, 7) is 4.36. The van der Waals surface area contributed by atoms with Crippen LogP contribution in [0.2, 0.25) is 0 Å². The molecule has 122 valence electrons. The highest BCUT2D eigenvalue weighted by atomic mass is 16.5. The van der Waals surface area contributed by atoms with Crippen molar-refractivity contribution < 1.29 is 4.74 Å². The molecule has 1 aromatic heterocycles. The average Bonchev–Trinajstić information content (AvgIpc) is 3.27. The maximum atomic E-state index is 5.90. The van der Waals surface area contributed by atoms with E-state index in [2.05, 4.69) is 58.5 Å². The third kappa shape index (κ3) is 3.03. The van der Waals surface area contributed by atoms with Crippen molar-refractivity contribution in [2.24, 2.45) is 0 Å². The SMILES string of the molecule is Cc1ccc(Cn2cc([C@H]3OCCN3c3ccccc3)nn2)cc1. The molecule has 0 aliphatic carbocycles. The van der Waals surface area contributed by atoms with Gasteiger partial charge in [0, 0.05) is 12.2 Å². The molecule has 5 heteroatoms. The van der Waals surface area contributed by atoms with Gasteiger partial charge in [-0.15, -0.1) is 5.10 Å². The summed E-state index contributed by atoms with van der Waals surface area (Å²) in [6.07, 6.45) is 1.81. The molecule has 4 rings (SSSR count). The summed E-state index contributed by atoms with van der Waals surface area (Å²) in [4.78, 5) is 2.22. The summed E-state index contributed by atoms with van der Waals surface area (Å²) in [7, 11) is 0. The molecule has 24 heavy (non-hydrogen) atoms. The lowest BCUT2D eigenvalue weighted by molar-refractivity contribution is 0.110. The van der Waals surface area contributed by atoms with Crippen LogP contribution in [-0.4, -0.2) is 28.1 Å². The van der Waals surface area contributed by atoms with E-state index in [1.54, 1.807) is 0 Å². The van der Waals surface area contributed by atoms with Gasteiger partial charge in [0.1, 0.15) is 5.69 Å². The fraction of sp³-hybridized carbons (Fsp3) is 0.263. The molecule has 0 amide bonds. The van der Waals surface area contributed by atoms with Gasteiger partial charge in [0.2, 0.25) is 0 Å². The van der Waals surface area contributed by atoms with Crippen molar-refractivity contribution in [3.8, 4) is 0 Å². The first-order valence-corrected chi connectivity index (χ1v) is 8.18. The minimum absolute atomic E-state index is 0.167. The van der Waals surface area contributed by atoms with E-state index in [0.717, 1.165) is 17.9 Å². The van der Waals surface area contributed by atoms with Crippen molar-refractivity contribution in [2.75, 3.05) is 18.1 Å². The van der Waals surface area contributed by atoms with E-state index in [1.807, 2.05) is 29.1 Å². The predicted octanol–water partition coefficient (Wildman–Crippen LogP) is 3.17. The summed E-state index contributed by atoms with van der Waals surface area (Å²) < 4.78 is 7.76. The molecule has 1 aliphatic heterocycles. The summed E-state index contributed by atoms with van der Waals surface area (Å²) in [5, 5.41) is 8.60. The molecule has 2 heterocycles. The number of ether oxygens (including phenoxy) is 1. The Morgan fingerprint density at radius 3 is 2.67 bits per heavy atom. The van der Waals surface area contributed by atoms with Gasteiger partial charge >= 0.3 is 0 Å². The highest BCUT2D eigenvalue weighted by molar-refractivity contribution is 5.48. The second-order valence-corrected chi connectivity index (χ2v) is 6.08. The van der Waals surface area contributed by atoms with E-state index in [1.165, 1.54) is 11.1 Å². The molecular weight excluding hydrogens is 300 g/mol. The monoisotopic (exact) mass is 320 g/mol. The summed E-state index contributed by atoms with van der Waals surface area (Å²) in [6, 6.07) is 18.8. The van der Waals surface area contributed by atoms with E-state index in [0.29, 0.717) is 13.2 Å². The summed E-state index contributed by atoms with van der Waals surface area (Å²) in [5.74, 6) is 0. The fourth-order valence-electron chi connectivity index (χ4n) is 2.98. The zero-order chi connectivity index (χ0) is 16.4. The van der Waals surface area contributed by atoms with Gasteiger partial charge < -0.3 is 9.64 Å². The fourth-order valence-corrected chi connectivity index (χ4v) is 2.98. The van der Waals surface area contributed by atoms with Crippen LogP contribution in [0.25, 0.3) is 0 Å². The standard InChI is InChI=1S/C19H20N4O/c1-15-7-9-16(10-8-15)13-22-14-18(20-21-22)19-23(11-12-24-19)17-5-3-2-4-6-17/h2-10,14,19H,11-13H2,1H3/t19-/m1/s1. The van der Waals surface area contributed by atoms with Crippen LogP contribution in [0, 0.1) is 6.92 Å². The Balaban J connectivity index is 1.52. The Kier molecular flexibility index (Phi) is 4.01. The van der Waals surface area contributed by atoms with Crippen LogP contribution in [0.3, 0.4) is 0 Å². The third-order valence-corrected chi connectivity index (χ3v) is 4.25. The van der Waals surface area contributed by atoms with Gasteiger partial charge in [-0.25, -0.2) is 4.68 Å². The first-order chi connectivity index (χ1) is 11.8. The van der Waals surface area contributed by atoms with Gasteiger partial charge in [-0.3, -0.25) is 0 Å².